The zero-order valence-electron chi connectivity index (χ0n) is 13.1. The number of hydrogen-bond acceptors (Lipinski definition) is 2. The zero-order chi connectivity index (χ0) is 16.0. The van der Waals surface area contributed by atoms with Crippen molar-refractivity contribution in [1.82, 2.24) is 20.1 Å². The minimum Gasteiger partial charge on any atom is -0.357 e. The molecule has 0 saturated carbocycles. The van der Waals surface area contributed by atoms with E-state index in [4.69, 9.17) is 23.2 Å². The Bertz CT molecular complexity index is 531. The highest BCUT2D eigenvalue weighted by Crippen LogP contribution is 2.25. The van der Waals surface area contributed by atoms with E-state index in [9.17, 15) is 4.79 Å². The number of aliphatic imine (C=N–C) groups is 1. The van der Waals surface area contributed by atoms with Crippen molar-refractivity contribution in [3.05, 3.63) is 21.9 Å². The van der Waals surface area contributed by atoms with Gasteiger partial charge in [-0.3, -0.25) is 4.79 Å². The average molecular weight is 462 g/mol. The molecular weight excluding hydrogens is 440 g/mol. The van der Waals surface area contributed by atoms with E-state index >= 15 is 0 Å². The van der Waals surface area contributed by atoms with Crippen molar-refractivity contribution >= 4 is 59.0 Å². The number of halogens is 3. The van der Waals surface area contributed by atoms with Crippen LogP contribution in [-0.4, -0.2) is 48.5 Å². The number of nitrogens with zero attached hydrogens (tertiary/aromatic N) is 3. The summed E-state index contributed by atoms with van der Waals surface area (Å²) in [5.41, 5.74) is 0.890. The highest BCUT2D eigenvalue weighted by molar-refractivity contribution is 14.0. The van der Waals surface area contributed by atoms with Crippen molar-refractivity contribution in [1.29, 1.82) is 0 Å². The Hall–Kier alpha value is -0.670. The molecule has 0 aromatic carbocycles. The van der Waals surface area contributed by atoms with Crippen LogP contribution < -0.4 is 10.6 Å². The summed E-state index contributed by atoms with van der Waals surface area (Å²) < 4.78 is 1.78. The second-order valence-corrected chi connectivity index (χ2v) is 5.44. The first-order chi connectivity index (χ1) is 9.86. The topological polar surface area (TPSA) is 61.7 Å². The van der Waals surface area contributed by atoms with Crippen molar-refractivity contribution in [2.24, 2.45) is 12.0 Å². The molecule has 0 aliphatic rings. The Balaban J connectivity index is 0.00000441. The molecule has 9 heteroatoms. The van der Waals surface area contributed by atoms with Crippen molar-refractivity contribution in [2.75, 3.05) is 27.2 Å². The summed E-state index contributed by atoms with van der Waals surface area (Å²) in [5, 5.41) is 7.06. The van der Waals surface area contributed by atoms with Crippen molar-refractivity contribution < 1.29 is 4.79 Å². The highest BCUT2D eigenvalue weighted by Gasteiger charge is 2.09. The molecule has 22 heavy (non-hydrogen) atoms. The van der Waals surface area contributed by atoms with Crippen LogP contribution in [0.4, 0.5) is 0 Å². The van der Waals surface area contributed by atoms with Crippen LogP contribution in [0.15, 0.2) is 11.1 Å². The van der Waals surface area contributed by atoms with Crippen LogP contribution in [0.5, 0.6) is 0 Å². The van der Waals surface area contributed by atoms with Crippen LogP contribution in [0.2, 0.25) is 10.2 Å². The lowest BCUT2D eigenvalue weighted by molar-refractivity contribution is -0.127. The molecule has 0 aliphatic heterocycles. The number of nitrogens with one attached hydrogen (secondary N) is 2. The summed E-state index contributed by atoms with van der Waals surface area (Å²) in [7, 11) is 5.25. The molecule has 0 fully saturated rings. The Morgan fingerprint density at radius 2 is 2.00 bits per heavy atom. The SMILES string of the molecule is CCNC(=NCc1cc(Cl)c(Cl)n1C)NCC(=O)N(C)C.I. The molecule has 6 nitrogen and oxygen atoms in total. The molecule has 0 bridgehead atoms. The summed E-state index contributed by atoms with van der Waals surface area (Å²) in [6, 6.07) is 1.78. The maximum Gasteiger partial charge on any atom is 0.241 e. The van der Waals surface area contributed by atoms with E-state index in [1.165, 1.54) is 4.90 Å². The van der Waals surface area contributed by atoms with Gasteiger partial charge in [-0.05, 0) is 13.0 Å². The summed E-state index contributed by atoms with van der Waals surface area (Å²) in [4.78, 5) is 17.5. The molecule has 0 aliphatic carbocycles. The fourth-order valence-electron chi connectivity index (χ4n) is 1.56. The molecule has 1 aromatic rings. The molecule has 1 amide bonds. The fourth-order valence-corrected chi connectivity index (χ4v) is 1.98. The Morgan fingerprint density at radius 3 is 2.45 bits per heavy atom. The van der Waals surface area contributed by atoms with E-state index in [1.54, 1.807) is 24.7 Å². The first kappa shape index (κ1) is 21.3. The molecule has 1 heterocycles. The van der Waals surface area contributed by atoms with E-state index < -0.39 is 0 Å². The lowest BCUT2D eigenvalue weighted by Gasteiger charge is -2.14. The van der Waals surface area contributed by atoms with Gasteiger partial charge in [0.2, 0.25) is 5.91 Å². The largest absolute Gasteiger partial charge is 0.357 e. The van der Waals surface area contributed by atoms with Crippen LogP contribution in [0, 0.1) is 0 Å². The lowest BCUT2D eigenvalue weighted by atomic mass is 10.4. The first-order valence-electron chi connectivity index (χ1n) is 6.58. The first-order valence-corrected chi connectivity index (χ1v) is 7.34. The van der Waals surface area contributed by atoms with Crippen LogP contribution in [0.1, 0.15) is 12.6 Å². The van der Waals surface area contributed by atoms with Gasteiger partial charge in [0.25, 0.3) is 0 Å². The van der Waals surface area contributed by atoms with E-state index in [1.807, 2.05) is 14.0 Å². The number of carbonyl (C=O) groups is 1. The summed E-state index contributed by atoms with van der Waals surface area (Å²) in [5.74, 6) is 0.548. The summed E-state index contributed by atoms with van der Waals surface area (Å²) >= 11 is 12.0. The second kappa shape index (κ2) is 10.2. The lowest BCUT2D eigenvalue weighted by Crippen LogP contribution is -2.42. The summed E-state index contributed by atoms with van der Waals surface area (Å²) in [6.45, 7) is 3.26. The van der Waals surface area contributed by atoms with Gasteiger partial charge in [-0.15, -0.1) is 24.0 Å². The van der Waals surface area contributed by atoms with Crippen molar-refractivity contribution in [3.63, 3.8) is 0 Å². The predicted octanol–water partition coefficient (Wildman–Crippen LogP) is 2.09. The summed E-state index contributed by atoms with van der Waals surface area (Å²) in [6.07, 6.45) is 0. The maximum atomic E-state index is 11.6. The number of likely N-dealkylation sites (N-methyl/N-ethyl adjacent to an activating group) is 1. The quantitative estimate of drug-likeness (QED) is 0.401. The number of amides is 1. The number of rotatable bonds is 5. The Morgan fingerprint density at radius 1 is 1.36 bits per heavy atom. The molecule has 0 unspecified atom stereocenters. The molecule has 1 rings (SSSR count). The fraction of sp³-hybridized carbons (Fsp3) is 0.538. The Kier molecular flexibility index (Phi) is 9.86. The molecule has 2 N–H and O–H groups in total. The van der Waals surface area contributed by atoms with Gasteiger partial charge < -0.3 is 20.1 Å². The van der Waals surface area contributed by atoms with Gasteiger partial charge in [0.15, 0.2) is 5.96 Å². The minimum atomic E-state index is -0.0226. The average Bonchev–Trinajstić information content (AvgIpc) is 2.68. The van der Waals surface area contributed by atoms with E-state index in [0.29, 0.717) is 29.2 Å². The van der Waals surface area contributed by atoms with Crippen molar-refractivity contribution in [2.45, 2.75) is 13.5 Å². The monoisotopic (exact) mass is 461 g/mol. The predicted molar refractivity (Wildman–Crippen MR) is 102 cm³/mol. The third kappa shape index (κ3) is 6.21. The van der Waals surface area contributed by atoms with Gasteiger partial charge in [0.05, 0.1) is 18.1 Å². The molecule has 1 aromatic heterocycles. The van der Waals surface area contributed by atoms with Crippen molar-refractivity contribution in [3.8, 4) is 0 Å². The van der Waals surface area contributed by atoms with Crippen LogP contribution in [-0.2, 0) is 18.4 Å². The van der Waals surface area contributed by atoms with Crippen LogP contribution >= 0.6 is 47.2 Å². The maximum absolute atomic E-state index is 11.6. The molecule has 0 spiro atoms. The van der Waals surface area contributed by atoms with Crippen LogP contribution in [0.25, 0.3) is 0 Å². The van der Waals surface area contributed by atoms with Crippen LogP contribution in [0.3, 0.4) is 0 Å². The Labute approximate surface area is 158 Å². The molecule has 0 atom stereocenters. The van der Waals surface area contributed by atoms with E-state index in [2.05, 4.69) is 15.6 Å². The number of aromatic nitrogens is 1. The molecule has 0 saturated heterocycles. The third-order valence-corrected chi connectivity index (χ3v) is 3.71. The van der Waals surface area contributed by atoms with Gasteiger partial charge >= 0.3 is 0 Å². The van der Waals surface area contributed by atoms with Gasteiger partial charge in [-0.2, -0.15) is 0 Å². The minimum absolute atomic E-state index is 0. The molecule has 126 valence electrons. The molecule has 0 radical (unpaired) electrons. The smallest absolute Gasteiger partial charge is 0.241 e. The van der Waals surface area contributed by atoms with Gasteiger partial charge in [-0.1, -0.05) is 23.2 Å². The standard InChI is InChI=1S/C13H21Cl2N5O.HI/c1-5-16-13(18-8-11(21)19(2)3)17-7-9-6-10(14)12(15)20(9)4;/h6H,5,7-8H2,1-4H3,(H2,16,17,18);1H. The molecular formula is C13H22Cl2IN5O. The number of guanidine groups is 1. The number of carbonyl (C=O) groups excluding carboxylic acids is 1. The second-order valence-electron chi connectivity index (χ2n) is 4.67. The van der Waals surface area contributed by atoms with Gasteiger partial charge in [0.1, 0.15) is 5.15 Å². The van der Waals surface area contributed by atoms with E-state index in [-0.39, 0.29) is 36.4 Å². The normalized spacial score (nSPS) is 10.9. The zero-order valence-corrected chi connectivity index (χ0v) is 17.0. The highest BCUT2D eigenvalue weighted by atomic mass is 127. The van der Waals surface area contributed by atoms with E-state index in [0.717, 1.165) is 5.69 Å². The number of hydrogen-bond donors (Lipinski definition) is 2. The third-order valence-electron chi connectivity index (χ3n) is 2.86. The van der Waals surface area contributed by atoms with Gasteiger partial charge in [-0.25, -0.2) is 4.99 Å². The van der Waals surface area contributed by atoms with Gasteiger partial charge in [0, 0.05) is 33.4 Å².